The SMILES string of the molecule is Cc1cc(C)c(NCCCCO)cc1C. The predicted octanol–water partition coefficient (Wildman–Crippen LogP) is 2.80. The second-order valence-electron chi connectivity index (χ2n) is 4.11. The second-order valence-corrected chi connectivity index (χ2v) is 4.11. The molecule has 1 aromatic carbocycles. The maximum atomic E-state index is 8.67. The van der Waals surface area contributed by atoms with E-state index in [0.29, 0.717) is 0 Å². The molecule has 84 valence electrons. The van der Waals surface area contributed by atoms with E-state index in [1.165, 1.54) is 22.4 Å². The lowest BCUT2D eigenvalue weighted by atomic mass is 10.0. The Kier molecular flexibility index (Phi) is 4.63. The van der Waals surface area contributed by atoms with Gasteiger partial charge in [0.05, 0.1) is 0 Å². The molecule has 0 aliphatic carbocycles. The van der Waals surface area contributed by atoms with Gasteiger partial charge in [0.15, 0.2) is 0 Å². The molecule has 0 unspecified atom stereocenters. The van der Waals surface area contributed by atoms with E-state index in [0.717, 1.165) is 19.4 Å². The number of hydrogen-bond acceptors (Lipinski definition) is 2. The van der Waals surface area contributed by atoms with Crippen molar-refractivity contribution < 1.29 is 5.11 Å². The summed E-state index contributed by atoms with van der Waals surface area (Å²) in [6.07, 6.45) is 1.89. The van der Waals surface area contributed by atoms with Crippen LogP contribution in [0.15, 0.2) is 12.1 Å². The van der Waals surface area contributed by atoms with Crippen LogP contribution in [-0.4, -0.2) is 18.3 Å². The Morgan fingerprint density at radius 2 is 1.67 bits per heavy atom. The summed E-state index contributed by atoms with van der Waals surface area (Å²) in [5.74, 6) is 0. The third-order valence-corrected chi connectivity index (χ3v) is 2.74. The number of nitrogens with one attached hydrogen (secondary N) is 1. The number of benzene rings is 1. The van der Waals surface area contributed by atoms with Gasteiger partial charge in [-0.25, -0.2) is 0 Å². The minimum absolute atomic E-state index is 0.285. The highest BCUT2D eigenvalue weighted by Gasteiger charge is 2.00. The molecular weight excluding hydrogens is 186 g/mol. The van der Waals surface area contributed by atoms with Crippen LogP contribution in [0, 0.1) is 20.8 Å². The summed E-state index contributed by atoms with van der Waals surface area (Å²) in [7, 11) is 0. The third kappa shape index (κ3) is 3.56. The number of unbranched alkanes of at least 4 members (excludes halogenated alkanes) is 1. The van der Waals surface area contributed by atoms with Gasteiger partial charge in [-0.2, -0.15) is 0 Å². The summed E-state index contributed by atoms with van der Waals surface area (Å²) >= 11 is 0. The Bertz CT molecular complexity index is 321. The highest BCUT2D eigenvalue weighted by atomic mass is 16.2. The van der Waals surface area contributed by atoms with Crippen molar-refractivity contribution in [1.29, 1.82) is 0 Å². The maximum absolute atomic E-state index is 8.67. The normalized spacial score (nSPS) is 10.4. The molecule has 0 saturated heterocycles. The number of rotatable bonds is 5. The zero-order valence-electron chi connectivity index (χ0n) is 9.93. The van der Waals surface area contributed by atoms with E-state index in [2.05, 4.69) is 38.2 Å². The van der Waals surface area contributed by atoms with Crippen molar-refractivity contribution in [3.8, 4) is 0 Å². The van der Waals surface area contributed by atoms with E-state index in [-0.39, 0.29) is 6.61 Å². The van der Waals surface area contributed by atoms with Crippen molar-refractivity contribution in [3.05, 3.63) is 28.8 Å². The van der Waals surface area contributed by atoms with Gasteiger partial charge in [-0.3, -0.25) is 0 Å². The second kappa shape index (κ2) is 5.76. The minimum Gasteiger partial charge on any atom is -0.396 e. The van der Waals surface area contributed by atoms with Crippen LogP contribution >= 0.6 is 0 Å². The van der Waals surface area contributed by atoms with Crippen molar-refractivity contribution >= 4 is 5.69 Å². The van der Waals surface area contributed by atoms with E-state index in [4.69, 9.17) is 5.11 Å². The fraction of sp³-hybridized carbons (Fsp3) is 0.538. The van der Waals surface area contributed by atoms with Gasteiger partial charge in [0.1, 0.15) is 0 Å². The summed E-state index contributed by atoms with van der Waals surface area (Å²) < 4.78 is 0. The lowest BCUT2D eigenvalue weighted by Crippen LogP contribution is -2.04. The van der Waals surface area contributed by atoms with Gasteiger partial charge in [0.25, 0.3) is 0 Å². The monoisotopic (exact) mass is 207 g/mol. The molecular formula is C13H21NO. The Labute approximate surface area is 92.3 Å². The summed E-state index contributed by atoms with van der Waals surface area (Å²) in [5.41, 5.74) is 5.18. The average molecular weight is 207 g/mol. The molecule has 1 rings (SSSR count). The van der Waals surface area contributed by atoms with Gasteiger partial charge in [0, 0.05) is 18.8 Å². The van der Waals surface area contributed by atoms with E-state index >= 15 is 0 Å². The van der Waals surface area contributed by atoms with Crippen LogP contribution in [0.4, 0.5) is 5.69 Å². The first kappa shape index (κ1) is 12.1. The molecule has 2 N–H and O–H groups in total. The number of aliphatic hydroxyl groups is 1. The Balaban J connectivity index is 2.57. The first-order valence-corrected chi connectivity index (χ1v) is 5.57. The number of hydrogen-bond donors (Lipinski definition) is 2. The predicted molar refractivity (Wildman–Crippen MR) is 65.5 cm³/mol. The molecule has 0 heterocycles. The van der Waals surface area contributed by atoms with Crippen molar-refractivity contribution in [3.63, 3.8) is 0 Å². The van der Waals surface area contributed by atoms with Gasteiger partial charge < -0.3 is 10.4 Å². The van der Waals surface area contributed by atoms with Crippen molar-refractivity contribution in [2.75, 3.05) is 18.5 Å². The zero-order valence-corrected chi connectivity index (χ0v) is 9.93. The lowest BCUT2D eigenvalue weighted by Gasteiger charge is -2.12. The number of aliphatic hydroxyl groups excluding tert-OH is 1. The fourth-order valence-electron chi connectivity index (χ4n) is 1.61. The van der Waals surface area contributed by atoms with Crippen molar-refractivity contribution in [2.45, 2.75) is 33.6 Å². The molecule has 0 amide bonds. The smallest absolute Gasteiger partial charge is 0.0431 e. The van der Waals surface area contributed by atoms with Gasteiger partial charge in [-0.15, -0.1) is 0 Å². The van der Waals surface area contributed by atoms with Crippen LogP contribution in [0.1, 0.15) is 29.5 Å². The van der Waals surface area contributed by atoms with Crippen LogP contribution in [-0.2, 0) is 0 Å². The maximum Gasteiger partial charge on any atom is 0.0431 e. The van der Waals surface area contributed by atoms with Gasteiger partial charge in [-0.05, 0) is 56.4 Å². The van der Waals surface area contributed by atoms with Gasteiger partial charge in [0.2, 0.25) is 0 Å². The molecule has 0 fully saturated rings. The van der Waals surface area contributed by atoms with E-state index < -0.39 is 0 Å². The first-order valence-electron chi connectivity index (χ1n) is 5.57. The highest BCUT2D eigenvalue weighted by molar-refractivity contribution is 5.54. The molecule has 0 radical (unpaired) electrons. The van der Waals surface area contributed by atoms with Crippen LogP contribution in [0.2, 0.25) is 0 Å². The number of anilines is 1. The molecule has 2 heteroatoms. The van der Waals surface area contributed by atoms with E-state index in [1.807, 2.05) is 0 Å². The number of aryl methyl sites for hydroxylation is 3. The first-order chi connectivity index (χ1) is 7.15. The highest BCUT2D eigenvalue weighted by Crippen LogP contribution is 2.19. The minimum atomic E-state index is 0.285. The van der Waals surface area contributed by atoms with Gasteiger partial charge in [-0.1, -0.05) is 6.07 Å². The van der Waals surface area contributed by atoms with Gasteiger partial charge >= 0.3 is 0 Å². The summed E-state index contributed by atoms with van der Waals surface area (Å²) in [4.78, 5) is 0. The van der Waals surface area contributed by atoms with Crippen LogP contribution in [0.5, 0.6) is 0 Å². The Morgan fingerprint density at radius 1 is 1.00 bits per heavy atom. The average Bonchev–Trinajstić information content (AvgIpc) is 2.20. The third-order valence-electron chi connectivity index (χ3n) is 2.74. The van der Waals surface area contributed by atoms with Crippen molar-refractivity contribution in [2.24, 2.45) is 0 Å². The Morgan fingerprint density at radius 3 is 2.33 bits per heavy atom. The zero-order chi connectivity index (χ0) is 11.3. The topological polar surface area (TPSA) is 32.3 Å². The lowest BCUT2D eigenvalue weighted by molar-refractivity contribution is 0.286. The van der Waals surface area contributed by atoms with Crippen LogP contribution in [0.3, 0.4) is 0 Å². The standard InChI is InChI=1S/C13H21NO/c1-10-8-12(3)13(9-11(10)2)14-6-4-5-7-15/h8-9,14-15H,4-7H2,1-3H3. The Hall–Kier alpha value is -1.02. The summed E-state index contributed by atoms with van der Waals surface area (Å²) in [6.45, 7) is 7.61. The molecule has 0 bridgehead atoms. The molecule has 2 nitrogen and oxygen atoms in total. The van der Waals surface area contributed by atoms with E-state index in [9.17, 15) is 0 Å². The quantitative estimate of drug-likeness (QED) is 0.728. The fourth-order valence-corrected chi connectivity index (χ4v) is 1.61. The van der Waals surface area contributed by atoms with Crippen LogP contribution in [0.25, 0.3) is 0 Å². The molecule has 1 aromatic rings. The summed E-state index contributed by atoms with van der Waals surface area (Å²) in [5, 5.41) is 12.1. The molecule has 0 aliphatic heterocycles. The molecule has 0 saturated carbocycles. The molecule has 0 spiro atoms. The van der Waals surface area contributed by atoms with Crippen LogP contribution < -0.4 is 5.32 Å². The summed E-state index contributed by atoms with van der Waals surface area (Å²) in [6, 6.07) is 4.41. The molecule has 0 atom stereocenters. The molecule has 0 aromatic heterocycles. The van der Waals surface area contributed by atoms with E-state index in [1.54, 1.807) is 0 Å². The molecule has 0 aliphatic rings. The molecule has 15 heavy (non-hydrogen) atoms. The largest absolute Gasteiger partial charge is 0.396 e. The van der Waals surface area contributed by atoms with Crippen molar-refractivity contribution in [1.82, 2.24) is 0 Å².